The van der Waals surface area contributed by atoms with Crippen LogP contribution in [0.3, 0.4) is 0 Å². The Morgan fingerprint density at radius 2 is 2.10 bits per heavy atom. The molecule has 1 N–H and O–H groups in total. The summed E-state index contributed by atoms with van der Waals surface area (Å²) in [5, 5.41) is 7.75. The highest BCUT2D eigenvalue weighted by atomic mass is 35.5. The molecule has 1 aromatic rings. The molecule has 0 saturated carbocycles. The number of hydrogen-bond acceptors (Lipinski definition) is 4. The lowest BCUT2D eigenvalue weighted by Crippen LogP contribution is -2.31. The van der Waals surface area contributed by atoms with E-state index in [1.807, 2.05) is 0 Å². The smallest absolute Gasteiger partial charge is 0.337 e. The Balaban J connectivity index is 2.48. The predicted octanol–water partition coefficient (Wildman–Crippen LogP) is 1.04. The van der Waals surface area contributed by atoms with Crippen LogP contribution < -0.4 is 0 Å². The Morgan fingerprint density at radius 3 is 2.60 bits per heavy atom. The van der Waals surface area contributed by atoms with E-state index in [0.29, 0.717) is 6.54 Å². The number of likely N-dealkylation sites (tertiary alicyclic amines) is 1. The average Bonchev–Trinajstić information content (AvgIpc) is 2.70. The van der Waals surface area contributed by atoms with Gasteiger partial charge in [0.15, 0.2) is 9.84 Å². The van der Waals surface area contributed by atoms with Crippen molar-refractivity contribution >= 4 is 33.3 Å². The number of carbonyl (C=O) groups excluding carboxylic acids is 1. The monoisotopic (exact) mass is 317 g/mol. The number of amides is 1. The third kappa shape index (κ3) is 2.38. The molecule has 0 bridgehead atoms. The molecule has 1 aromatic carbocycles. The molecule has 0 aromatic heterocycles. The van der Waals surface area contributed by atoms with Crippen LogP contribution in [-0.4, -0.2) is 49.1 Å². The van der Waals surface area contributed by atoms with Crippen molar-refractivity contribution in [2.45, 2.75) is 16.6 Å². The van der Waals surface area contributed by atoms with Gasteiger partial charge in [0, 0.05) is 13.6 Å². The molecule has 8 heteroatoms. The van der Waals surface area contributed by atoms with Crippen molar-refractivity contribution in [1.29, 1.82) is 0 Å². The first-order chi connectivity index (χ1) is 9.25. The van der Waals surface area contributed by atoms with Crippen LogP contribution in [0.5, 0.6) is 0 Å². The summed E-state index contributed by atoms with van der Waals surface area (Å²) in [5.41, 5.74) is -0.299. The number of sulfone groups is 1. The number of hydrogen-bond donors (Lipinski definition) is 1. The molecule has 1 aliphatic heterocycles. The minimum absolute atomic E-state index is 0.0497. The van der Waals surface area contributed by atoms with Crippen LogP contribution >= 0.6 is 11.6 Å². The van der Waals surface area contributed by atoms with Gasteiger partial charge in [0.05, 0.1) is 15.5 Å². The Bertz CT molecular complexity index is 685. The molecule has 1 saturated heterocycles. The standard InChI is InChI=1S/C12H12ClNO5S/c1-14-5-4-10(11(14)15)20(18,19)7-2-3-9(13)8(6-7)12(16)17/h2-3,6,10H,4-5H2,1H3,(H,16,17). The summed E-state index contributed by atoms with van der Waals surface area (Å²) in [7, 11) is -2.38. The number of halogens is 1. The quantitative estimate of drug-likeness (QED) is 0.899. The van der Waals surface area contributed by atoms with E-state index in [1.165, 1.54) is 24.1 Å². The van der Waals surface area contributed by atoms with Crippen LogP contribution in [0.25, 0.3) is 0 Å². The number of rotatable bonds is 3. The van der Waals surface area contributed by atoms with E-state index in [4.69, 9.17) is 16.7 Å². The van der Waals surface area contributed by atoms with Crippen molar-refractivity contribution in [1.82, 2.24) is 4.90 Å². The fraction of sp³-hybridized carbons (Fsp3) is 0.333. The molecule has 1 unspecified atom stereocenters. The van der Waals surface area contributed by atoms with E-state index >= 15 is 0 Å². The lowest BCUT2D eigenvalue weighted by atomic mass is 10.2. The van der Waals surface area contributed by atoms with E-state index in [9.17, 15) is 18.0 Å². The molecular weight excluding hydrogens is 306 g/mol. The lowest BCUT2D eigenvalue weighted by Gasteiger charge is -2.12. The van der Waals surface area contributed by atoms with Gasteiger partial charge in [0.25, 0.3) is 0 Å². The van der Waals surface area contributed by atoms with Gasteiger partial charge in [-0.05, 0) is 24.6 Å². The predicted molar refractivity (Wildman–Crippen MR) is 71.6 cm³/mol. The number of carboxylic acid groups (broad SMARTS) is 1. The van der Waals surface area contributed by atoms with Crippen molar-refractivity contribution in [3.05, 3.63) is 28.8 Å². The average molecular weight is 318 g/mol. The van der Waals surface area contributed by atoms with Crippen molar-refractivity contribution in [2.24, 2.45) is 0 Å². The Kier molecular flexibility index (Phi) is 3.75. The van der Waals surface area contributed by atoms with Crippen molar-refractivity contribution < 1.29 is 23.1 Å². The van der Waals surface area contributed by atoms with Crippen molar-refractivity contribution in [2.75, 3.05) is 13.6 Å². The summed E-state index contributed by atoms with van der Waals surface area (Å²) in [6.45, 7) is 0.363. The first kappa shape index (κ1) is 14.8. The van der Waals surface area contributed by atoms with Crippen molar-refractivity contribution in [3.63, 3.8) is 0 Å². The second-order valence-corrected chi connectivity index (χ2v) is 7.07. The number of benzene rings is 1. The van der Waals surface area contributed by atoms with Gasteiger partial charge in [0.1, 0.15) is 5.25 Å². The van der Waals surface area contributed by atoms with Crippen LogP contribution in [0, 0.1) is 0 Å². The summed E-state index contributed by atoms with van der Waals surface area (Å²) >= 11 is 5.70. The highest BCUT2D eigenvalue weighted by Crippen LogP contribution is 2.27. The largest absolute Gasteiger partial charge is 0.478 e. The van der Waals surface area contributed by atoms with Gasteiger partial charge in [-0.3, -0.25) is 4.79 Å². The summed E-state index contributed by atoms with van der Waals surface area (Å²) in [4.78, 5) is 23.9. The van der Waals surface area contributed by atoms with Gasteiger partial charge >= 0.3 is 5.97 Å². The molecule has 0 radical (unpaired) electrons. The maximum Gasteiger partial charge on any atom is 0.337 e. The van der Waals surface area contributed by atoms with Crippen LogP contribution in [0.15, 0.2) is 23.1 Å². The number of carboxylic acids is 1. The second-order valence-electron chi connectivity index (χ2n) is 4.53. The third-order valence-corrected chi connectivity index (χ3v) is 5.68. The molecule has 1 amide bonds. The number of aromatic carboxylic acids is 1. The van der Waals surface area contributed by atoms with E-state index in [0.717, 1.165) is 6.07 Å². The SMILES string of the molecule is CN1CCC(S(=O)(=O)c2ccc(Cl)c(C(=O)O)c2)C1=O. The zero-order valence-corrected chi connectivity index (χ0v) is 12.1. The first-order valence-corrected chi connectivity index (χ1v) is 7.69. The highest BCUT2D eigenvalue weighted by molar-refractivity contribution is 7.92. The third-order valence-electron chi connectivity index (χ3n) is 3.25. The van der Waals surface area contributed by atoms with Gasteiger partial charge in [-0.25, -0.2) is 13.2 Å². The van der Waals surface area contributed by atoms with Crippen molar-refractivity contribution in [3.8, 4) is 0 Å². The Labute approximate surface area is 120 Å². The topological polar surface area (TPSA) is 91.8 Å². The highest BCUT2D eigenvalue weighted by Gasteiger charge is 2.40. The first-order valence-electron chi connectivity index (χ1n) is 5.77. The number of carbonyl (C=O) groups is 2. The molecule has 1 heterocycles. The van der Waals surface area contributed by atoms with Gasteiger partial charge in [-0.1, -0.05) is 11.6 Å². The maximum atomic E-state index is 12.4. The minimum Gasteiger partial charge on any atom is -0.478 e. The molecular formula is C12H12ClNO5S. The van der Waals surface area contributed by atoms with E-state index < -0.39 is 27.0 Å². The second kappa shape index (κ2) is 5.06. The molecule has 20 heavy (non-hydrogen) atoms. The Hall–Kier alpha value is -1.60. The fourth-order valence-corrected chi connectivity index (χ4v) is 4.02. The van der Waals surface area contributed by atoms with E-state index in [-0.39, 0.29) is 21.9 Å². The van der Waals surface area contributed by atoms with Gasteiger partial charge < -0.3 is 10.0 Å². The maximum absolute atomic E-state index is 12.4. The summed E-state index contributed by atoms with van der Waals surface area (Å²) in [5.74, 6) is -1.79. The summed E-state index contributed by atoms with van der Waals surface area (Å²) in [6, 6.07) is 3.42. The molecule has 1 fully saturated rings. The molecule has 2 rings (SSSR count). The summed E-state index contributed by atoms with van der Waals surface area (Å²) < 4.78 is 24.8. The van der Waals surface area contributed by atoms with Gasteiger partial charge in [-0.2, -0.15) is 0 Å². The van der Waals surface area contributed by atoms with E-state index in [2.05, 4.69) is 0 Å². The van der Waals surface area contributed by atoms with Crippen LogP contribution in [0.4, 0.5) is 0 Å². The molecule has 6 nitrogen and oxygen atoms in total. The zero-order valence-electron chi connectivity index (χ0n) is 10.5. The molecule has 0 spiro atoms. The molecule has 1 aliphatic rings. The van der Waals surface area contributed by atoms with Gasteiger partial charge in [0.2, 0.25) is 5.91 Å². The van der Waals surface area contributed by atoms with Crippen LogP contribution in [-0.2, 0) is 14.6 Å². The summed E-state index contributed by atoms with van der Waals surface area (Å²) in [6.07, 6.45) is 0.197. The van der Waals surface area contributed by atoms with Crippen LogP contribution in [0.2, 0.25) is 5.02 Å². The zero-order chi connectivity index (χ0) is 15.1. The van der Waals surface area contributed by atoms with Gasteiger partial charge in [-0.15, -0.1) is 0 Å². The lowest BCUT2D eigenvalue weighted by molar-refractivity contribution is -0.126. The van der Waals surface area contributed by atoms with E-state index in [1.54, 1.807) is 0 Å². The van der Waals surface area contributed by atoms with Crippen LogP contribution in [0.1, 0.15) is 16.8 Å². The Morgan fingerprint density at radius 1 is 1.45 bits per heavy atom. The fourth-order valence-electron chi connectivity index (χ4n) is 2.09. The number of nitrogens with zero attached hydrogens (tertiary/aromatic N) is 1. The normalized spacial score (nSPS) is 19.4. The molecule has 0 aliphatic carbocycles. The molecule has 1 atom stereocenters. The molecule has 108 valence electrons. The minimum atomic E-state index is -3.91.